The summed E-state index contributed by atoms with van der Waals surface area (Å²) in [5.74, 6) is -0.334. The van der Waals surface area contributed by atoms with Gasteiger partial charge in [0.05, 0.1) is 12.7 Å². The summed E-state index contributed by atoms with van der Waals surface area (Å²) in [6, 6.07) is 0. The first-order valence-electron chi connectivity index (χ1n) is 4.66. The maximum Gasteiger partial charge on any atom is 0.328 e. The Labute approximate surface area is 78.4 Å². The lowest BCUT2D eigenvalue weighted by Gasteiger charge is -2.22. The van der Waals surface area contributed by atoms with Gasteiger partial charge in [-0.2, -0.15) is 0 Å². The predicted octanol–water partition coefficient (Wildman–Crippen LogP) is 0.446. The molecule has 4 nitrogen and oxygen atoms in total. The highest BCUT2D eigenvalue weighted by molar-refractivity contribution is 5.81. The van der Waals surface area contributed by atoms with Crippen LogP contribution in [0, 0.1) is 0 Å². The van der Waals surface area contributed by atoms with E-state index in [2.05, 4.69) is 0 Å². The summed E-state index contributed by atoms with van der Waals surface area (Å²) in [4.78, 5) is 11.5. The topological polar surface area (TPSA) is 61.5 Å². The molecule has 76 valence electrons. The smallest absolute Gasteiger partial charge is 0.328 e. The van der Waals surface area contributed by atoms with Gasteiger partial charge in [-0.1, -0.05) is 6.92 Å². The number of carbonyl (C=O) groups excluding carboxylic acids is 1. The number of hydrogen-bond donors (Lipinski definition) is 1. The second-order valence-corrected chi connectivity index (χ2v) is 3.58. The van der Waals surface area contributed by atoms with E-state index in [1.54, 1.807) is 0 Å². The highest BCUT2D eigenvalue weighted by Gasteiger charge is 2.40. The van der Waals surface area contributed by atoms with E-state index in [1.807, 2.05) is 13.8 Å². The van der Waals surface area contributed by atoms with Gasteiger partial charge in [-0.15, -0.1) is 0 Å². The van der Waals surface area contributed by atoms with Crippen LogP contribution in [-0.4, -0.2) is 30.8 Å². The lowest BCUT2D eigenvalue weighted by molar-refractivity contribution is -0.154. The summed E-state index contributed by atoms with van der Waals surface area (Å²) in [5.41, 5.74) is 4.91. The molecule has 0 saturated carbocycles. The van der Waals surface area contributed by atoms with Crippen LogP contribution in [0.2, 0.25) is 0 Å². The summed E-state index contributed by atoms with van der Waals surface area (Å²) in [5, 5.41) is 0. The van der Waals surface area contributed by atoms with Crippen molar-refractivity contribution in [2.75, 3.05) is 13.2 Å². The predicted molar refractivity (Wildman–Crippen MR) is 48.2 cm³/mol. The van der Waals surface area contributed by atoms with E-state index in [4.69, 9.17) is 15.2 Å². The Kier molecular flexibility index (Phi) is 3.27. The van der Waals surface area contributed by atoms with Crippen LogP contribution in [0.4, 0.5) is 0 Å². The Bertz CT molecular complexity index is 187. The van der Waals surface area contributed by atoms with Crippen LogP contribution >= 0.6 is 0 Å². The van der Waals surface area contributed by atoms with Gasteiger partial charge in [0.1, 0.15) is 5.54 Å². The van der Waals surface area contributed by atoms with Gasteiger partial charge in [0, 0.05) is 13.0 Å². The normalized spacial score (nSPS) is 30.1. The third kappa shape index (κ3) is 2.42. The molecule has 1 aliphatic rings. The van der Waals surface area contributed by atoms with Crippen molar-refractivity contribution in [3.8, 4) is 0 Å². The molecule has 13 heavy (non-hydrogen) atoms. The summed E-state index contributed by atoms with van der Waals surface area (Å²) >= 11 is 0. The monoisotopic (exact) mass is 187 g/mol. The molecule has 0 aromatic heterocycles. The molecule has 0 amide bonds. The molecule has 1 heterocycles. The van der Waals surface area contributed by atoms with Crippen LogP contribution in [0.15, 0.2) is 0 Å². The van der Waals surface area contributed by atoms with Crippen molar-refractivity contribution in [2.24, 2.45) is 5.73 Å². The lowest BCUT2D eigenvalue weighted by Crippen LogP contribution is -2.50. The van der Waals surface area contributed by atoms with Crippen molar-refractivity contribution in [2.45, 2.75) is 38.3 Å². The third-order valence-electron chi connectivity index (χ3n) is 2.34. The van der Waals surface area contributed by atoms with Gasteiger partial charge in [0.2, 0.25) is 0 Å². The van der Waals surface area contributed by atoms with Crippen LogP contribution in [0.5, 0.6) is 0 Å². The maximum absolute atomic E-state index is 11.5. The van der Waals surface area contributed by atoms with E-state index in [1.165, 1.54) is 0 Å². The molecule has 1 aliphatic heterocycles. The van der Waals surface area contributed by atoms with Crippen molar-refractivity contribution in [3.05, 3.63) is 0 Å². The highest BCUT2D eigenvalue weighted by Crippen LogP contribution is 2.18. The second kappa shape index (κ2) is 4.07. The molecule has 2 N–H and O–H groups in total. The fourth-order valence-corrected chi connectivity index (χ4v) is 1.13. The molecular weight excluding hydrogens is 170 g/mol. The van der Waals surface area contributed by atoms with Gasteiger partial charge in [-0.05, 0) is 13.3 Å². The molecule has 2 atom stereocenters. The van der Waals surface area contributed by atoms with Gasteiger partial charge in [-0.25, -0.2) is 4.79 Å². The minimum atomic E-state index is -0.899. The average Bonchev–Trinajstić information content (AvgIpc) is 2.53. The van der Waals surface area contributed by atoms with Crippen molar-refractivity contribution < 1.29 is 14.3 Å². The number of hydrogen-bond acceptors (Lipinski definition) is 4. The number of rotatable bonds is 3. The Hall–Kier alpha value is -0.610. The van der Waals surface area contributed by atoms with E-state index in [-0.39, 0.29) is 18.7 Å². The van der Waals surface area contributed by atoms with Crippen LogP contribution in [0.3, 0.4) is 0 Å². The molecular formula is C9H17NO3. The van der Waals surface area contributed by atoms with E-state index in [0.29, 0.717) is 13.0 Å². The first kappa shape index (κ1) is 10.5. The molecule has 0 spiro atoms. The van der Waals surface area contributed by atoms with E-state index in [9.17, 15) is 4.79 Å². The molecule has 2 unspecified atom stereocenters. The fraction of sp³-hybridized carbons (Fsp3) is 0.889. The molecule has 0 bridgehead atoms. The summed E-state index contributed by atoms with van der Waals surface area (Å²) < 4.78 is 10.2. The SMILES string of the molecule is CCC(C)OC(=O)C1(N)CCOC1. The molecule has 0 aromatic rings. The Morgan fingerprint density at radius 2 is 2.46 bits per heavy atom. The molecule has 1 fully saturated rings. The Morgan fingerprint density at radius 3 is 2.92 bits per heavy atom. The second-order valence-electron chi connectivity index (χ2n) is 3.58. The van der Waals surface area contributed by atoms with Gasteiger partial charge < -0.3 is 15.2 Å². The minimum absolute atomic E-state index is 0.0616. The summed E-state index contributed by atoms with van der Waals surface area (Å²) in [7, 11) is 0. The highest BCUT2D eigenvalue weighted by atomic mass is 16.6. The molecule has 4 heteroatoms. The van der Waals surface area contributed by atoms with Crippen molar-refractivity contribution in [1.29, 1.82) is 0 Å². The average molecular weight is 187 g/mol. The van der Waals surface area contributed by atoms with Crippen molar-refractivity contribution in [3.63, 3.8) is 0 Å². The first-order valence-corrected chi connectivity index (χ1v) is 4.66. The van der Waals surface area contributed by atoms with Gasteiger partial charge in [-0.3, -0.25) is 0 Å². The maximum atomic E-state index is 11.5. The van der Waals surface area contributed by atoms with Crippen LogP contribution in [-0.2, 0) is 14.3 Å². The zero-order chi connectivity index (χ0) is 9.90. The Balaban J connectivity index is 2.46. The number of carbonyl (C=O) groups is 1. The van der Waals surface area contributed by atoms with Gasteiger partial charge in [0.25, 0.3) is 0 Å². The number of nitrogens with two attached hydrogens (primary N) is 1. The van der Waals surface area contributed by atoms with Gasteiger partial charge >= 0.3 is 5.97 Å². The third-order valence-corrected chi connectivity index (χ3v) is 2.34. The van der Waals surface area contributed by atoms with E-state index < -0.39 is 5.54 Å². The molecule has 0 aromatic carbocycles. The fourth-order valence-electron chi connectivity index (χ4n) is 1.13. The van der Waals surface area contributed by atoms with E-state index >= 15 is 0 Å². The Morgan fingerprint density at radius 1 is 1.77 bits per heavy atom. The van der Waals surface area contributed by atoms with Crippen LogP contribution < -0.4 is 5.73 Å². The first-order chi connectivity index (χ1) is 6.08. The van der Waals surface area contributed by atoms with Gasteiger partial charge in [0.15, 0.2) is 0 Å². The summed E-state index contributed by atoms with van der Waals surface area (Å²) in [6.07, 6.45) is 1.30. The largest absolute Gasteiger partial charge is 0.461 e. The molecule has 1 rings (SSSR count). The number of ether oxygens (including phenoxy) is 2. The quantitative estimate of drug-likeness (QED) is 0.651. The molecule has 1 saturated heterocycles. The molecule has 0 aliphatic carbocycles. The van der Waals surface area contributed by atoms with Crippen molar-refractivity contribution >= 4 is 5.97 Å². The standard InChI is InChI=1S/C9H17NO3/c1-3-7(2)13-8(11)9(10)4-5-12-6-9/h7H,3-6,10H2,1-2H3. The zero-order valence-electron chi connectivity index (χ0n) is 8.21. The lowest BCUT2D eigenvalue weighted by atomic mass is 10.0. The number of esters is 1. The van der Waals surface area contributed by atoms with E-state index in [0.717, 1.165) is 6.42 Å². The van der Waals surface area contributed by atoms with Crippen LogP contribution in [0.1, 0.15) is 26.7 Å². The minimum Gasteiger partial charge on any atom is -0.461 e. The summed E-state index contributed by atoms with van der Waals surface area (Å²) in [6.45, 7) is 4.65. The zero-order valence-corrected chi connectivity index (χ0v) is 8.21. The van der Waals surface area contributed by atoms with Crippen LogP contribution in [0.25, 0.3) is 0 Å². The molecule has 0 radical (unpaired) electrons. The van der Waals surface area contributed by atoms with Crippen molar-refractivity contribution in [1.82, 2.24) is 0 Å².